The summed E-state index contributed by atoms with van der Waals surface area (Å²) in [4.78, 5) is 42.7. The van der Waals surface area contributed by atoms with Crippen molar-refractivity contribution < 1.29 is 19.1 Å². The average molecular weight is 444 g/mol. The molecule has 0 radical (unpaired) electrons. The van der Waals surface area contributed by atoms with Crippen molar-refractivity contribution in [2.45, 2.75) is 58.4 Å². The van der Waals surface area contributed by atoms with Crippen molar-refractivity contribution in [1.29, 1.82) is 0 Å². The molecule has 0 spiro atoms. The van der Waals surface area contributed by atoms with Gasteiger partial charge in [0.1, 0.15) is 11.8 Å². The Morgan fingerprint density at radius 3 is 2.16 bits per heavy atom. The highest BCUT2D eigenvalue weighted by molar-refractivity contribution is 5.97. The summed E-state index contributed by atoms with van der Waals surface area (Å²) in [5.74, 6) is 0.979. The van der Waals surface area contributed by atoms with E-state index in [1.807, 2.05) is 23.6 Å². The van der Waals surface area contributed by atoms with Crippen LogP contribution in [0.2, 0.25) is 0 Å². The standard InChI is InChI=1S/C25H37N3O4/c1-18(2)17-22(29)27-15-11-19(12-16-27)23(25(31)28-13-5-4-6-14-28)26-24(30)20-7-9-21(32-3)10-8-20/h7-10,18-19,23H,4-6,11-17H2,1-3H3,(H,26,30)/t23-/m1/s1. The summed E-state index contributed by atoms with van der Waals surface area (Å²) < 4.78 is 5.17. The molecule has 2 aliphatic rings. The quantitative estimate of drug-likeness (QED) is 0.702. The van der Waals surface area contributed by atoms with Gasteiger partial charge >= 0.3 is 0 Å². The number of likely N-dealkylation sites (tertiary alicyclic amines) is 2. The lowest BCUT2D eigenvalue weighted by atomic mass is 9.87. The second-order valence-corrected chi connectivity index (χ2v) is 9.38. The van der Waals surface area contributed by atoms with Crippen LogP contribution in [-0.2, 0) is 9.59 Å². The van der Waals surface area contributed by atoms with Crippen molar-refractivity contribution in [2.24, 2.45) is 11.8 Å². The third kappa shape index (κ3) is 6.24. The zero-order valence-corrected chi connectivity index (χ0v) is 19.6. The molecule has 1 aromatic carbocycles. The maximum atomic E-state index is 13.4. The fraction of sp³-hybridized carbons (Fsp3) is 0.640. The second-order valence-electron chi connectivity index (χ2n) is 9.38. The number of rotatable bonds is 7. The fourth-order valence-corrected chi connectivity index (χ4v) is 4.62. The number of nitrogens with one attached hydrogen (secondary N) is 1. The van der Waals surface area contributed by atoms with Gasteiger partial charge in [0.25, 0.3) is 5.91 Å². The van der Waals surface area contributed by atoms with Crippen LogP contribution in [0.4, 0.5) is 0 Å². The molecule has 0 aromatic heterocycles. The molecule has 0 unspecified atom stereocenters. The van der Waals surface area contributed by atoms with Gasteiger partial charge in [-0.2, -0.15) is 0 Å². The molecule has 0 saturated carbocycles. The van der Waals surface area contributed by atoms with E-state index in [0.717, 1.165) is 45.2 Å². The first kappa shape index (κ1) is 24.1. The summed E-state index contributed by atoms with van der Waals surface area (Å²) in [6.07, 6.45) is 5.14. The summed E-state index contributed by atoms with van der Waals surface area (Å²) >= 11 is 0. The molecule has 7 heteroatoms. The Morgan fingerprint density at radius 1 is 0.969 bits per heavy atom. The van der Waals surface area contributed by atoms with Gasteiger partial charge in [-0.1, -0.05) is 13.8 Å². The largest absolute Gasteiger partial charge is 0.497 e. The van der Waals surface area contributed by atoms with Crippen LogP contribution in [0.5, 0.6) is 5.75 Å². The molecule has 0 aliphatic carbocycles. The smallest absolute Gasteiger partial charge is 0.251 e. The van der Waals surface area contributed by atoms with Crippen LogP contribution in [0.3, 0.4) is 0 Å². The topological polar surface area (TPSA) is 79.0 Å². The van der Waals surface area contributed by atoms with Crippen LogP contribution in [0.25, 0.3) is 0 Å². The highest BCUT2D eigenvalue weighted by Crippen LogP contribution is 2.25. The Balaban J connectivity index is 1.70. The van der Waals surface area contributed by atoms with Crippen LogP contribution in [0.15, 0.2) is 24.3 Å². The number of nitrogens with zero attached hydrogens (tertiary/aromatic N) is 2. The molecule has 1 atom stereocenters. The van der Waals surface area contributed by atoms with E-state index in [-0.39, 0.29) is 23.6 Å². The van der Waals surface area contributed by atoms with Crippen molar-refractivity contribution in [3.8, 4) is 5.75 Å². The molecule has 3 amide bonds. The summed E-state index contributed by atoms with van der Waals surface area (Å²) in [5.41, 5.74) is 0.506. The Morgan fingerprint density at radius 2 is 1.59 bits per heavy atom. The predicted molar refractivity (Wildman–Crippen MR) is 123 cm³/mol. The van der Waals surface area contributed by atoms with Gasteiger partial charge < -0.3 is 19.9 Å². The molecule has 0 bridgehead atoms. The number of amides is 3. The Hall–Kier alpha value is -2.57. The van der Waals surface area contributed by atoms with Gasteiger partial charge in [-0.05, 0) is 68.2 Å². The van der Waals surface area contributed by atoms with E-state index >= 15 is 0 Å². The van der Waals surface area contributed by atoms with Crippen LogP contribution in [0.1, 0.15) is 62.7 Å². The zero-order chi connectivity index (χ0) is 23.1. The third-order valence-electron chi connectivity index (χ3n) is 6.52. The number of hydrogen-bond acceptors (Lipinski definition) is 4. The van der Waals surface area contributed by atoms with Crippen molar-refractivity contribution in [1.82, 2.24) is 15.1 Å². The minimum absolute atomic E-state index is 0.0125. The van der Waals surface area contributed by atoms with Crippen LogP contribution in [0, 0.1) is 11.8 Å². The monoisotopic (exact) mass is 443 g/mol. The maximum absolute atomic E-state index is 13.4. The highest BCUT2D eigenvalue weighted by atomic mass is 16.5. The second kappa shape index (κ2) is 11.3. The number of carbonyl (C=O) groups excluding carboxylic acids is 3. The molecule has 32 heavy (non-hydrogen) atoms. The van der Waals surface area contributed by atoms with E-state index in [4.69, 9.17) is 4.74 Å². The molecule has 3 rings (SSSR count). The summed E-state index contributed by atoms with van der Waals surface area (Å²) in [6.45, 7) is 6.87. The van der Waals surface area contributed by atoms with E-state index in [9.17, 15) is 14.4 Å². The molecule has 2 aliphatic heterocycles. The Bertz CT molecular complexity index is 779. The minimum atomic E-state index is -0.565. The van der Waals surface area contributed by atoms with Gasteiger partial charge in [-0.15, -0.1) is 0 Å². The van der Waals surface area contributed by atoms with Gasteiger partial charge in [0.05, 0.1) is 7.11 Å². The normalized spacial score (nSPS) is 18.4. The summed E-state index contributed by atoms with van der Waals surface area (Å²) in [5, 5.41) is 3.04. The molecule has 7 nitrogen and oxygen atoms in total. The molecule has 2 saturated heterocycles. The first-order valence-electron chi connectivity index (χ1n) is 11.9. The molecule has 1 N–H and O–H groups in total. The summed E-state index contributed by atoms with van der Waals surface area (Å²) in [7, 11) is 1.58. The van der Waals surface area contributed by atoms with E-state index < -0.39 is 6.04 Å². The molecule has 176 valence electrons. The highest BCUT2D eigenvalue weighted by Gasteiger charge is 2.36. The number of benzene rings is 1. The van der Waals surface area contributed by atoms with Crippen LogP contribution >= 0.6 is 0 Å². The van der Waals surface area contributed by atoms with E-state index in [0.29, 0.717) is 36.7 Å². The first-order valence-corrected chi connectivity index (χ1v) is 11.9. The third-order valence-corrected chi connectivity index (χ3v) is 6.52. The molecule has 2 fully saturated rings. The predicted octanol–water partition coefficient (Wildman–Crippen LogP) is 3.09. The van der Waals surface area contributed by atoms with Gasteiger partial charge in [0.15, 0.2) is 0 Å². The SMILES string of the molecule is COc1ccc(C(=O)N[C@@H](C(=O)N2CCCCC2)C2CCN(C(=O)CC(C)C)CC2)cc1. The van der Waals surface area contributed by atoms with E-state index in [1.54, 1.807) is 31.4 Å². The van der Waals surface area contributed by atoms with E-state index in [2.05, 4.69) is 5.32 Å². The Labute approximate surface area is 191 Å². The molecular weight excluding hydrogens is 406 g/mol. The van der Waals surface area contributed by atoms with Gasteiger partial charge in [-0.25, -0.2) is 0 Å². The Kier molecular flexibility index (Phi) is 8.53. The van der Waals surface area contributed by atoms with Crippen molar-refractivity contribution in [3.63, 3.8) is 0 Å². The van der Waals surface area contributed by atoms with Crippen molar-refractivity contribution in [2.75, 3.05) is 33.3 Å². The molecule has 2 heterocycles. The lowest BCUT2D eigenvalue weighted by Crippen LogP contribution is -2.55. The zero-order valence-electron chi connectivity index (χ0n) is 19.6. The van der Waals surface area contributed by atoms with Gasteiger partial charge in [0, 0.05) is 38.2 Å². The van der Waals surface area contributed by atoms with Crippen molar-refractivity contribution >= 4 is 17.7 Å². The molecular formula is C25H37N3O4. The van der Waals surface area contributed by atoms with E-state index in [1.165, 1.54) is 0 Å². The number of hydrogen-bond donors (Lipinski definition) is 1. The number of ether oxygens (including phenoxy) is 1. The fourth-order valence-electron chi connectivity index (χ4n) is 4.62. The van der Waals surface area contributed by atoms with Gasteiger partial charge in [0.2, 0.25) is 11.8 Å². The maximum Gasteiger partial charge on any atom is 0.251 e. The first-order chi connectivity index (χ1) is 15.4. The molecule has 1 aromatic rings. The number of carbonyl (C=O) groups is 3. The number of methoxy groups -OCH3 is 1. The van der Waals surface area contributed by atoms with Crippen LogP contribution in [-0.4, -0.2) is 66.9 Å². The summed E-state index contributed by atoms with van der Waals surface area (Å²) in [6, 6.07) is 6.35. The van der Waals surface area contributed by atoms with Crippen LogP contribution < -0.4 is 10.1 Å². The minimum Gasteiger partial charge on any atom is -0.497 e. The van der Waals surface area contributed by atoms with Gasteiger partial charge in [-0.3, -0.25) is 14.4 Å². The lowest BCUT2D eigenvalue weighted by Gasteiger charge is -2.38. The lowest BCUT2D eigenvalue weighted by molar-refractivity contribution is -0.137. The number of piperidine rings is 2. The van der Waals surface area contributed by atoms with Crippen molar-refractivity contribution in [3.05, 3.63) is 29.8 Å². The average Bonchev–Trinajstić information content (AvgIpc) is 2.82.